The summed E-state index contributed by atoms with van der Waals surface area (Å²) in [6, 6.07) is 8.39. The molecule has 0 amide bonds. The Balaban J connectivity index is 2.76. The minimum absolute atomic E-state index is 0.362. The molecule has 2 rings (SSSR count). The molecular weight excluding hydrogens is 576 g/mol. The predicted octanol–water partition coefficient (Wildman–Crippen LogP) is 4.98. The summed E-state index contributed by atoms with van der Waals surface area (Å²) in [6.07, 6.45) is -5.51. The molecule has 0 saturated carbocycles. The maximum absolute atomic E-state index is 14.0. The lowest BCUT2D eigenvalue weighted by Crippen LogP contribution is -2.64. The summed E-state index contributed by atoms with van der Waals surface area (Å²) in [6.45, 7) is 19.4. The van der Waals surface area contributed by atoms with Gasteiger partial charge in [0.2, 0.25) is 0 Å². The van der Waals surface area contributed by atoms with Gasteiger partial charge >= 0.3 is 23.9 Å². The fourth-order valence-electron chi connectivity index (χ4n) is 3.55. The molecule has 0 aromatic heterocycles. The highest BCUT2D eigenvalue weighted by molar-refractivity contribution is 7.85. The van der Waals surface area contributed by atoms with Crippen LogP contribution in [0.3, 0.4) is 0 Å². The average molecular weight is 625 g/mol. The van der Waals surface area contributed by atoms with Gasteiger partial charge in [0, 0.05) is 4.90 Å². The van der Waals surface area contributed by atoms with Crippen LogP contribution in [-0.4, -0.2) is 64.5 Å². The molecule has 1 heterocycles. The fourth-order valence-corrected chi connectivity index (χ4v) is 4.94. The minimum Gasteiger partial charge on any atom is -0.462 e. The highest BCUT2D eigenvalue weighted by atomic mass is 32.2. The van der Waals surface area contributed by atoms with Gasteiger partial charge in [-0.1, -0.05) is 18.2 Å². The molecule has 11 heteroatoms. The smallest absolute Gasteiger partial charge is 0.311 e. The number of hydrogen-bond donors (Lipinski definition) is 0. The Labute approximate surface area is 258 Å². The molecule has 1 aliphatic rings. The quantitative estimate of drug-likeness (QED) is 0.302. The Bertz CT molecular complexity index is 1180. The van der Waals surface area contributed by atoms with Crippen molar-refractivity contribution in [3.63, 3.8) is 0 Å². The third-order valence-electron chi connectivity index (χ3n) is 6.34. The number of carbonyl (C=O) groups is 4. The first-order valence-corrected chi connectivity index (χ1v) is 15.6. The van der Waals surface area contributed by atoms with E-state index in [4.69, 9.17) is 23.7 Å². The van der Waals surface area contributed by atoms with Crippen molar-refractivity contribution >= 4 is 34.7 Å². The molecule has 242 valence electrons. The van der Waals surface area contributed by atoms with E-state index in [2.05, 4.69) is 0 Å². The molecule has 0 spiro atoms. The van der Waals surface area contributed by atoms with Crippen LogP contribution in [0, 0.1) is 21.7 Å². The first kappa shape index (κ1) is 36.4. The van der Waals surface area contributed by atoms with Gasteiger partial charge in [-0.05, 0) is 95.2 Å². The molecule has 1 fully saturated rings. The maximum Gasteiger partial charge on any atom is 0.311 e. The van der Waals surface area contributed by atoms with E-state index in [1.165, 1.54) is 0 Å². The monoisotopic (exact) mass is 624 g/mol. The second-order valence-electron chi connectivity index (χ2n) is 14.9. The Morgan fingerprint density at radius 2 is 1.02 bits per heavy atom. The minimum atomic E-state index is -1.97. The average Bonchev–Trinajstić information content (AvgIpc) is 2.87. The molecule has 10 nitrogen and oxygen atoms in total. The summed E-state index contributed by atoms with van der Waals surface area (Å²) in [5.74, 6) is -2.56. The van der Waals surface area contributed by atoms with Crippen molar-refractivity contribution in [2.45, 2.75) is 118 Å². The van der Waals surface area contributed by atoms with Crippen molar-refractivity contribution < 1.29 is 47.1 Å². The second kappa shape index (κ2) is 13.5. The van der Waals surface area contributed by atoms with Crippen LogP contribution in [0.4, 0.5) is 0 Å². The maximum atomic E-state index is 14.0. The van der Waals surface area contributed by atoms with Crippen LogP contribution >= 0.6 is 0 Å². The number of ether oxygens (including phenoxy) is 5. The highest BCUT2D eigenvalue weighted by Crippen LogP contribution is 2.36. The SMILES string of the molecule is CC(C)(C)C(=O)OCC1OC([S@](=O)c2ccccc2)C(OC(=O)C(C)(C)C)C(OC(=O)C(C)(C)C)C1OC(=O)C(C)(C)C. The lowest BCUT2D eigenvalue weighted by Gasteiger charge is -2.45. The topological polar surface area (TPSA) is 132 Å². The number of benzene rings is 1. The van der Waals surface area contributed by atoms with E-state index in [0.29, 0.717) is 4.90 Å². The molecule has 43 heavy (non-hydrogen) atoms. The van der Waals surface area contributed by atoms with Crippen molar-refractivity contribution in [2.24, 2.45) is 21.7 Å². The second-order valence-corrected chi connectivity index (χ2v) is 16.4. The molecule has 1 aromatic carbocycles. The van der Waals surface area contributed by atoms with Gasteiger partial charge in [-0.3, -0.25) is 23.4 Å². The van der Waals surface area contributed by atoms with Crippen LogP contribution in [0.1, 0.15) is 83.1 Å². The molecular formula is C32H48O10S. The van der Waals surface area contributed by atoms with Crippen LogP contribution < -0.4 is 0 Å². The number of hydrogen-bond acceptors (Lipinski definition) is 10. The van der Waals surface area contributed by atoms with Gasteiger partial charge in [0.15, 0.2) is 23.7 Å². The largest absolute Gasteiger partial charge is 0.462 e. The molecule has 0 bridgehead atoms. The molecule has 1 aliphatic heterocycles. The lowest BCUT2D eigenvalue weighted by atomic mass is 9.93. The molecule has 0 aliphatic carbocycles. The molecule has 6 atom stereocenters. The van der Waals surface area contributed by atoms with Gasteiger partial charge in [0.05, 0.1) is 32.5 Å². The zero-order chi connectivity index (χ0) is 33.1. The number of rotatable bonds is 7. The molecule has 1 saturated heterocycles. The van der Waals surface area contributed by atoms with Crippen LogP contribution in [0.15, 0.2) is 35.2 Å². The van der Waals surface area contributed by atoms with Gasteiger partial charge in [-0.15, -0.1) is 0 Å². The molecule has 1 aromatic rings. The normalized spacial score (nSPS) is 24.0. The van der Waals surface area contributed by atoms with E-state index in [9.17, 15) is 23.4 Å². The summed E-state index contributed by atoms with van der Waals surface area (Å²) < 4.78 is 43.7. The molecule has 5 unspecified atom stereocenters. The van der Waals surface area contributed by atoms with E-state index >= 15 is 0 Å². The fraction of sp³-hybridized carbons (Fsp3) is 0.688. The van der Waals surface area contributed by atoms with E-state index in [1.54, 1.807) is 113 Å². The van der Waals surface area contributed by atoms with Crippen molar-refractivity contribution in [3.8, 4) is 0 Å². The Morgan fingerprint density at radius 3 is 1.44 bits per heavy atom. The lowest BCUT2D eigenvalue weighted by molar-refractivity contribution is -0.246. The van der Waals surface area contributed by atoms with Crippen LogP contribution in [0.2, 0.25) is 0 Å². The van der Waals surface area contributed by atoms with Gasteiger partial charge in [0.25, 0.3) is 0 Å². The third-order valence-corrected chi connectivity index (χ3v) is 7.87. The van der Waals surface area contributed by atoms with Crippen molar-refractivity contribution in [3.05, 3.63) is 30.3 Å². The predicted molar refractivity (Wildman–Crippen MR) is 160 cm³/mol. The summed E-state index contributed by atoms with van der Waals surface area (Å²) in [5, 5.41) is 0. The van der Waals surface area contributed by atoms with Crippen LogP contribution in [0.25, 0.3) is 0 Å². The van der Waals surface area contributed by atoms with E-state index in [-0.39, 0.29) is 0 Å². The zero-order valence-electron chi connectivity index (χ0n) is 27.5. The summed E-state index contributed by atoms with van der Waals surface area (Å²) >= 11 is 0. The first-order chi connectivity index (χ1) is 19.4. The Kier molecular flexibility index (Phi) is 11.4. The Hall–Kier alpha value is -2.79. The zero-order valence-corrected chi connectivity index (χ0v) is 28.3. The van der Waals surface area contributed by atoms with Crippen molar-refractivity contribution in [1.82, 2.24) is 0 Å². The summed E-state index contributed by atoms with van der Waals surface area (Å²) in [7, 11) is -1.97. The Morgan fingerprint density at radius 1 is 0.628 bits per heavy atom. The van der Waals surface area contributed by atoms with Gasteiger partial charge < -0.3 is 23.7 Å². The number of carbonyl (C=O) groups excluding carboxylic acids is 4. The first-order valence-electron chi connectivity index (χ1n) is 14.4. The van der Waals surface area contributed by atoms with E-state index in [1.807, 2.05) is 0 Å². The van der Waals surface area contributed by atoms with E-state index in [0.717, 1.165) is 0 Å². The van der Waals surface area contributed by atoms with Gasteiger partial charge in [-0.25, -0.2) is 0 Å². The third kappa shape index (κ3) is 9.86. The van der Waals surface area contributed by atoms with Crippen molar-refractivity contribution in [2.75, 3.05) is 6.61 Å². The summed E-state index contributed by atoms with van der Waals surface area (Å²) in [5.41, 5.74) is -5.21. The highest BCUT2D eigenvalue weighted by Gasteiger charge is 2.56. The van der Waals surface area contributed by atoms with Crippen LogP contribution in [0.5, 0.6) is 0 Å². The van der Waals surface area contributed by atoms with Crippen molar-refractivity contribution in [1.29, 1.82) is 0 Å². The van der Waals surface area contributed by atoms with Crippen LogP contribution in [-0.2, 0) is 53.7 Å². The number of esters is 4. The van der Waals surface area contributed by atoms with E-state index < -0.39 is 92.8 Å². The van der Waals surface area contributed by atoms with Gasteiger partial charge in [-0.2, -0.15) is 0 Å². The molecule has 0 N–H and O–H groups in total. The standard InChI is InChI=1S/C32H48O10S/c1-29(2,3)25(33)38-18-20-21(40-26(34)30(4,5)6)22(41-27(35)31(7,8)9)23(42-28(36)32(10,11)12)24(39-20)43(37)19-16-14-13-15-17-19/h13-17,20-24H,18H2,1-12H3/t20?,21?,22?,23?,24?,43-/m1/s1. The summed E-state index contributed by atoms with van der Waals surface area (Å²) in [4.78, 5) is 52.9. The van der Waals surface area contributed by atoms with Gasteiger partial charge in [0.1, 0.15) is 12.7 Å². The molecule has 0 radical (unpaired) electrons.